The first-order valence-electron chi connectivity index (χ1n) is 7.74. The van der Waals surface area contributed by atoms with Gasteiger partial charge < -0.3 is 5.32 Å². The van der Waals surface area contributed by atoms with Gasteiger partial charge in [-0.25, -0.2) is 0 Å². The van der Waals surface area contributed by atoms with E-state index in [1.807, 2.05) is 31.2 Å². The summed E-state index contributed by atoms with van der Waals surface area (Å²) in [6.45, 7) is 2.15. The van der Waals surface area contributed by atoms with Crippen molar-refractivity contribution < 1.29 is 14.4 Å². The summed E-state index contributed by atoms with van der Waals surface area (Å²) < 4.78 is 0. The van der Waals surface area contributed by atoms with E-state index in [1.165, 1.54) is 6.20 Å². The first-order valence-corrected chi connectivity index (χ1v) is 7.74. The molecule has 3 amide bonds. The molecule has 1 aliphatic rings. The standard InChI is InChI=1S/C18H17N3O3/c1-12-5-2-6-13(11-12)20-15(22)8-4-10-21-17(23)14-7-3-9-19-16(14)18(21)24/h2-3,5-7,9,11H,4,8,10H2,1H3,(H,20,22). The van der Waals surface area contributed by atoms with E-state index in [9.17, 15) is 14.4 Å². The molecule has 1 N–H and O–H groups in total. The number of imide groups is 1. The number of amides is 3. The molecular weight excluding hydrogens is 306 g/mol. The molecule has 0 aliphatic carbocycles. The molecule has 24 heavy (non-hydrogen) atoms. The van der Waals surface area contributed by atoms with E-state index < -0.39 is 5.91 Å². The van der Waals surface area contributed by atoms with E-state index in [1.54, 1.807) is 12.1 Å². The molecule has 3 rings (SSSR count). The second-order valence-electron chi connectivity index (χ2n) is 5.68. The van der Waals surface area contributed by atoms with Gasteiger partial charge in [-0.1, -0.05) is 12.1 Å². The van der Waals surface area contributed by atoms with Crippen LogP contribution in [-0.4, -0.2) is 34.2 Å². The maximum Gasteiger partial charge on any atom is 0.280 e. The number of carbonyl (C=O) groups is 3. The zero-order valence-corrected chi connectivity index (χ0v) is 13.3. The predicted octanol–water partition coefficient (Wildman–Crippen LogP) is 2.40. The molecule has 2 aromatic rings. The van der Waals surface area contributed by atoms with Crippen molar-refractivity contribution in [1.29, 1.82) is 0 Å². The number of nitrogens with one attached hydrogen (secondary N) is 1. The van der Waals surface area contributed by atoms with Gasteiger partial charge in [-0.2, -0.15) is 0 Å². The van der Waals surface area contributed by atoms with E-state index in [0.29, 0.717) is 12.0 Å². The fraction of sp³-hybridized carbons (Fsp3) is 0.222. The molecule has 122 valence electrons. The van der Waals surface area contributed by atoms with Crippen molar-refractivity contribution in [2.24, 2.45) is 0 Å². The highest BCUT2D eigenvalue weighted by Gasteiger charge is 2.36. The topological polar surface area (TPSA) is 79.4 Å². The number of hydrogen-bond acceptors (Lipinski definition) is 4. The summed E-state index contributed by atoms with van der Waals surface area (Å²) in [6, 6.07) is 10.7. The third-order valence-electron chi connectivity index (χ3n) is 3.82. The lowest BCUT2D eigenvalue weighted by molar-refractivity contribution is -0.116. The quantitative estimate of drug-likeness (QED) is 0.857. The third kappa shape index (κ3) is 3.17. The minimum atomic E-state index is -0.394. The van der Waals surface area contributed by atoms with Gasteiger partial charge in [0.25, 0.3) is 11.8 Å². The van der Waals surface area contributed by atoms with E-state index in [-0.39, 0.29) is 30.5 Å². The van der Waals surface area contributed by atoms with Crippen LogP contribution in [0.25, 0.3) is 0 Å². The lowest BCUT2D eigenvalue weighted by Gasteiger charge is -2.13. The normalized spacial score (nSPS) is 13.1. The monoisotopic (exact) mass is 323 g/mol. The van der Waals surface area contributed by atoms with E-state index in [2.05, 4.69) is 10.3 Å². The molecule has 0 spiro atoms. The minimum absolute atomic E-state index is 0.143. The van der Waals surface area contributed by atoms with Gasteiger partial charge in [0.1, 0.15) is 5.69 Å². The number of rotatable bonds is 5. The summed E-state index contributed by atoms with van der Waals surface area (Å²) in [5.74, 6) is -0.882. The third-order valence-corrected chi connectivity index (χ3v) is 3.82. The molecule has 0 radical (unpaired) electrons. The molecular formula is C18H17N3O3. The molecule has 2 heterocycles. The average Bonchev–Trinajstić information content (AvgIpc) is 2.80. The zero-order valence-electron chi connectivity index (χ0n) is 13.3. The summed E-state index contributed by atoms with van der Waals surface area (Å²) >= 11 is 0. The van der Waals surface area contributed by atoms with Gasteiger partial charge in [-0.3, -0.25) is 24.3 Å². The highest BCUT2D eigenvalue weighted by atomic mass is 16.2. The van der Waals surface area contributed by atoms with Crippen LogP contribution >= 0.6 is 0 Å². The summed E-state index contributed by atoms with van der Waals surface area (Å²) in [5, 5.41) is 2.81. The highest BCUT2D eigenvalue weighted by molar-refractivity contribution is 6.20. The molecule has 1 aromatic heterocycles. The van der Waals surface area contributed by atoms with Crippen LogP contribution in [0.15, 0.2) is 42.6 Å². The van der Waals surface area contributed by atoms with Crippen LogP contribution in [0.1, 0.15) is 39.3 Å². The number of anilines is 1. The Bertz CT molecular complexity index is 782. The van der Waals surface area contributed by atoms with Crippen LogP contribution in [-0.2, 0) is 4.79 Å². The van der Waals surface area contributed by atoms with Crippen molar-refractivity contribution in [3.05, 3.63) is 59.4 Å². The maximum atomic E-state index is 12.2. The van der Waals surface area contributed by atoms with Crippen molar-refractivity contribution in [2.45, 2.75) is 19.8 Å². The largest absolute Gasteiger partial charge is 0.326 e. The number of fused-ring (bicyclic) bond motifs is 1. The molecule has 0 atom stereocenters. The molecule has 0 bridgehead atoms. The molecule has 0 saturated carbocycles. The number of pyridine rings is 1. The summed E-state index contributed by atoms with van der Waals surface area (Å²) in [5.41, 5.74) is 2.31. The van der Waals surface area contributed by atoms with Crippen LogP contribution < -0.4 is 5.32 Å². The van der Waals surface area contributed by atoms with Crippen molar-refractivity contribution in [1.82, 2.24) is 9.88 Å². The fourth-order valence-electron chi connectivity index (χ4n) is 2.66. The van der Waals surface area contributed by atoms with Crippen LogP contribution in [0.3, 0.4) is 0 Å². The van der Waals surface area contributed by atoms with Gasteiger partial charge in [0.2, 0.25) is 5.91 Å². The van der Waals surface area contributed by atoms with Crippen LogP contribution in [0, 0.1) is 6.92 Å². The zero-order chi connectivity index (χ0) is 17.1. The van der Waals surface area contributed by atoms with E-state index in [4.69, 9.17) is 0 Å². The molecule has 6 nitrogen and oxygen atoms in total. The van der Waals surface area contributed by atoms with Gasteiger partial charge >= 0.3 is 0 Å². The fourth-order valence-corrected chi connectivity index (χ4v) is 2.66. The lowest BCUT2D eigenvalue weighted by atomic mass is 10.2. The summed E-state index contributed by atoms with van der Waals surface area (Å²) in [6.07, 6.45) is 2.13. The van der Waals surface area contributed by atoms with Crippen molar-refractivity contribution in [3.8, 4) is 0 Å². The van der Waals surface area contributed by atoms with Crippen molar-refractivity contribution in [3.63, 3.8) is 0 Å². The summed E-state index contributed by atoms with van der Waals surface area (Å²) in [7, 11) is 0. The Morgan fingerprint density at radius 1 is 1.17 bits per heavy atom. The Balaban J connectivity index is 1.53. The Morgan fingerprint density at radius 2 is 2.00 bits per heavy atom. The SMILES string of the molecule is Cc1cccc(NC(=O)CCCN2C(=O)c3cccnc3C2=O)c1. The number of aromatic nitrogens is 1. The first kappa shape index (κ1) is 15.9. The predicted molar refractivity (Wildman–Crippen MR) is 88.6 cm³/mol. The molecule has 0 fully saturated rings. The van der Waals surface area contributed by atoms with Crippen molar-refractivity contribution >= 4 is 23.4 Å². The van der Waals surface area contributed by atoms with Crippen LogP contribution in [0.2, 0.25) is 0 Å². The molecule has 0 unspecified atom stereocenters. The van der Waals surface area contributed by atoms with E-state index >= 15 is 0 Å². The maximum absolute atomic E-state index is 12.2. The Hall–Kier alpha value is -3.02. The second kappa shape index (κ2) is 6.62. The Morgan fingerprint density at radius 3 is 2.75 bits per heavy atom. The molecule has 1 aromatic carbocycles. The number of aryl methyl sites for hydroxylation is 1. The number of nitrogens with zero attached hydrogens (tertiary/aromatic N) is 2. The van der Waals surface area contributed by atoms with Gasteiger partial charge in [-0.05, 0) is 43.2 Å². The smallest absolute Gasteiger partial charge is 0.280 e. The highest BCUT2D eigenvalue weighted by Crippen LogP contribution is 2.20. The average molecular weight is 323 g/mol. The minimum Gasteiger partial charge on any atom is -0.326 e. The van der Waals surface area contributed by atoms with Crippen LogP contribution in [0.5, 0.6) is 0 Å². The number of hydrogen-bond donors (Lipinski definition) is 1. The number of carbonyl (C=O) groups excluding carboxylic acids is 3. The van der Waals surface area contributed by atoms with Gasteiger partial charge in [0.05, 0.1) is 5.56 Å². The molecule has 1 aliphatic heterocycles. The number of benzene rings is 1. The van der Waals surface area contributed by atoms with Gasteiger partial charge in [-0.15, -0.1) is 0 Å². The molecule has 0 saturated heterocycles. The molecule has 6 heteroatoms. The van der Waals surface area contributed by atoms with Crippen molar-refractivity contribution in [2.75, 3.05) is 11.9 Å². The second-order valence-corrected chi connectivity index (χ2v) is 5.68. The first-order chi connectivity index (χ1) is 11.6. The van der Waals surface area contributed by atoms with Gasteiger partial charge in [0, 0.05) is 24.8 Å². The Labute approximate surface area is 139 Å². The summed E-state index contributed by atoms with van der Waals surface area (Å²) in [4.78, 5) is 41.4. The lowest BCUT2D eigenvalue weighted by Crippen LogP contribution is -2.31. The van der Waals surface area contributed by atoms with Crippen LogP contribution in [0.4, 0.5) is 5.69 Å². The van der Waals surface area contributed by atoms with Gasteiger partial charge in [0.15, 0.2) is 0 Å². The Kier molecular flexibility index (Phi) is 4.37. The van der Waals surface area contributed by atoms with E-state index in [0.717, 1.165) is 16.2 Å².